The summed E-state index contributed by atoms with van der Waals surface area (Å²) < 4.78 is 5.87. The molecule has 0 unspecified atom stereocenters. The SMILES string of the molecule is CCCCCCCCOc1ccc(O)c(-c2cccc3n[nH]nc23)c1. The molecule has 25 heavy (non-hydrogen) atoms. The Balaban J connectivity index is 1.66. The minimum Gasteiger partial charge on any atom is -0.507 e. The Bertz CT molecular complexity index is 814. The topological polar surface area (TPSA) is 71.0 Å². The second kappa shape index (κ2) is 8.51. The number of aromatic nitrogens is 3. The zero-order chi connectivity index (χ0) is 17.5. The maximum atomic E-state index is 10.3. The number of hydrogen-bond acceptors (Lipinski definition) is 4. The number of phenolic OH excluding ortho intramolecular Hbond substituents is 1. The van der Waals surface area contributed by atoms with Crippen LogP contribution >= 0.6 is 0 Å². The fourth-order valence-electron chi connectivity index (χ4n) is 2.98. The Morgan fingerprint density at radius 1 is 0.960 bits per heavy atom. The minimum absolute atomic E-state index is 0.211. The van der Waals surface area contributed by atoms with Crippen molar-refractivity contribution < 1.29 is 9.84 Å². The van der Waals surface area contributed by atoms with Crippen LogP contribution in [-0.4, -0.2) is 27.1 Å². The monoisotopic (exact) mass is 339 g/mol. The van der Waals surface area contributed by atoms with Gasteiger partial charge < -0.3 is 9.84 Å². The third kappa shape index (κ3) is 4.29. The number of phenols is 1. The zero-order valence-corrected chi connectivity index (χ0v) is 14.7. The molecule has 3 aromatic rings. The number of aromatic amines is 1. The maximum absolute atomic E-state index is 10.3. The summed E-state index contributed by atoms with van der Waals surface area (Å²) >= 11 is 0. The maximum Gasteiger partial charge on any atom is 0.123 e. The van der Waals surface area contributed by atoms with Crippen LogP contribution in [0.3, 0.4) is 0 Å². The van der Waals surface area contributed by atoms with E-state index in [2.05, 4.69) is 22.3 Å². The molecular weight excluding hydrogens is 314 g/mol. The van der Waals surface area contributed by atoms with Gasteiger partial charge in [-0.1, -0.05) is 51.2 Å². The van der Waals surface area contributed by atoms with Crippen molar-refractivity contribution in [2.45, 2.75) is 45.4 Å². The predicted molar refractivity (Wildman–Crippen MR) is 99.9 cm³/mol. The molecule has 0 bridgehead atoms. The van der Waals surface area contributed by atoms with Gasteiger partial charge in [0.2, 0.25) is 0 Å². The number of fused-ring (bicyclic) bond motifs is 1. The van der Waals surface area contributed by atoms with Gasteiger partial charge in [0.15, 0.2) is 0 Å². The predicted octanol–water partition coefficient (Wildman–Crippen LogP) is 5.07. The van der Waals surface area contributed by atoms with Gasteiger partial charge in [-0.25, -0.2) is 0 Å². The number of H-pyrrole nitrogens is 1. The molecule has 2 aromatic carbocycles. The Morgan fingerprint density at radius 3 is 2.68 bits per heavy atom. The van der Waals surface area contributed by atoms with Crippen molar-refractivity contribution in [1.82, 2.24) is 15.4 Å². The van der Waals surface area contributed by atoms with E-state index in [0.29, 0.717) is 12.2 Å². The molecule has 0 fully saturated rings. The number of aromatic hydroxyl groups is 1. The molecule has 0 saturated heterocycles. The third-order valence-electron chi connectivity index (χ3n) is 4.37. The van der Waals surface area contributed by atoms with Gasteiger partial charge in [0.25, 0.3) is 0 Å². The molecule has 0 radical (unpaired) electrons. The van der Waals surface area contributed by atoms with Gasteiger partial charge in [0, 0.05) is 11.1 Å². The Kier molecular flexibility index (Phi) is 5.88. The van der Waals surface area contributed by atoms with E-state index in [4.69, 9.17) is 4.74 Å². The highest BCUT2D eigenvalue weighted by atomic mass is 16.5. The quantitative estimate of drug-likeness (QED) is 0.534. The van der Waals surface area contributed by atoms with Crippen LogP contribution < -0.4 is 4.74 Å². The Labute approximate surface area is 148 Å². The Morgan fingerprint density at radius 2 is 1.80 bits per heavy atom. The third-order valence-corrected chi connectivity index (χ3v) is 4.37. The highest BCUT2D eigenvalue weighted by molar-refractivity contribution is 5.93. The summed E-state index contributed by atoms with van der Waals surface area (Å²) in [6.07, 6.45) is 7.41. The molecule has 0 saturated carbocycles. The number of rotatable bonds is 9. The lowest BCUT2D eigenvalue weighted by Gasteiger charge is -2.10. The lowest BCUT2D eigenvalue weighted by Crippen LogP contribution is -1.97. The van der Waals surface area contributed by atoms with Crippen molar-refractivity contribution in [2.75, 3.05) is 6.61 Å². The fourth-order valence-corrected chi connectivity index (χ4v) is 2.98. The number of nitrogens with zero attached hydrogens (tertiary/aromatic N) is 2. The van der Waals surface area contributed by atoms with Crippen LogP contribution in [0.15, 0.2) is 36.4 Å². The number of nitrogens with one attached hydrogen (secondary N) is 1. The van der Waals surface area contributed by atoms with Crippen LogP contribution in [0, 0.1) is 0 Å². The first kappa shape index (κ1) is 17.3. The van der Waals surface area contributed by atoms with Gasteiger partial charge in [-0.2, -0.15) is 15.4 Å². The number of ether oxygens (including phenoxy) is 1. The molecular formula is C20H25N3O2. The van der Waals surface area contributed by atoms with Crippen molar-refractivity contribution >= 4 is 11.0 Å². The highest BCUT2D eigenvalue weighted by Crippen LogP contribution is 2.35. The summed E-state index contributed by atoms with van der Waals surface area (Å²) in [4.78, 5) is 0. The fraction of sp³-hybridized carbons (Fsp3) is 0.400. The molecule has 132 valence electrons. The largest absolute Gasteiger partial charge is 0.507 e. The number of unbranched alkanes of at least 4 members (excludes halogenated alkanes) is 5. The first-order valence-electron chi connectivity index (χ1n) is 9.05. The van der Waals surface area contributed by atoms with Crippen molar-refractivity contribution in [3.05, 3.63) is 36.4 Å². The molecule has 0 aliphatic carbocycles. The van der Waals surface area contributed by atoms with E-state index in [1.165, 1.54) is 32.1 Å². The van der Waals surface area contributed by atoms with E-state index in [-0.39, 0.29) is 5.75 Å². The highest BCUT2D eigenvalue weighted by Gasteiger charge is 2.12. The summed E-state index contributed by atoms with van der Waals surface area (Å²) in [6, 6.07) is 11.1. The average Bonchev–Trinajstić information content (AvgIpc) is 3.11. The molecule has 1 heterocycles. The molecule has 0 aliphatic heterocycles. The first-order chi connectivity index (χ1) is 12.3. The van der Waals surface area contributed by atoms with Crippen LogP contribution in [0.25, 0.3) is 22.2 Å². The molecule has 0 aliphatic rings. The van der Waals surface area contributed by atoms with E-state index >= 15 is 0 Å². The van der Waals surface area contributed by atoms with E-state index in [0.717, 1.165) is 28.8 Å². The van der Waals surface area contributed by atoms with Gasteiger partial charge in [0.1, 0.15) is 22.5 Å². The van der Waals surface area contributed by atoms with Gasteiger partial charge in [-0.3, -0.25) is 0 Å². The molecule has 3 rings (SSSR count). The van der Waals surface area contributed by atoms with Crippen molar-refractivity contribution in [2.24, 2.45) is 0 Å². The van der Waals surface area contributed by atoms with Crippen LogP contribution in [-0.2, 0) is 0 Å². The minimum atomic E-state index is 0.211. The summed E-state index contributed by atoms with van der Waals surface area (Å²) in [5.74, 6) is 0.976. The standard InChI is InChI=1S/C20H25N3O2/c1-2-3-4-5-6-7-13-25-15-11-12-19(24)17(14-15)16-9-8-10-18-20(16)22-23-21-18/h8-12,14,24H,2-7,13H2,1H3,(H,21,22,23). The number of benzene rings is 2. The van der Waals surface area contributed by atoms with E-state index in [1.54, 1.807) is 12.1 Å². The van der Waals surface area contributed by atoms with Gasteiger partial charge in [-0.05, 0) is 30.7 Å². The first-order valence-corrected chi connectivity index (χ1v) is 9.05. The summed E-state index contributed by atoms with van der Waals surface area (Å²) in [6.45, 7) is 2.93. The molecule has 5 heteroatoms. The van der Waals surface area contributed by atoms with Gasteiger partial charge in [0.05, 0.1) is 6.61 Å². The smallest absolute Gasteiger partial charge is 0.123 e. The van der Waals surface area contributed by atoms with Gasteiger partial charge in [-0.15, -0.1) is 0 Å². The summed E-state index contributed by atoms with van der Waals surface area (Å²) in [5.41, 5.74) is 3.06. The normalized spacial score (nSPS) is 11.1. The molecule has 2 N–H and O–H groups in total. The summed E-state index contributed by atoms with van der Waals surface area (Å²) in [7, 11) is 0. The zero-order valence-electron chi connectivity index (χ0n) is 14.7. The number of para-hydroxylation sites is 1. The second-order valence-corrected chi connectivity index (χ2v) is 6.29. The van der Waals surface area contributed by atoms with Crippen molar-refractivity contribution in [1.29, 1.82) is 0 Å². The van der Waals surface area contributed by atoms with E-state index in [1.807, 2.05) is 24.3 Å². The molecule has 0 spiro atoms. The molecule has 5 nitrogen and oxygen atoms in total. The van der Waals surface area contributed by atoms with Crippen LogP contribution in [0.4, 0.5) is 0 Å². The lowest BCUT2D eigenvalue weighted by atomic mass is 10.0. The van der Waals surface area contributed by atoms with E-state index < -0.39 is 0 Å². The van der Waals surface area contributed by atoms with Crippen LogP contribution in [0.5, 0.6) is 11.5 Å². The lowest BCUT2D eigenvalue weighted by molar-refractivity contribution is 0.304. The van der Waals surface area contributed by atoms with Gasteiger partial charge >= 0.3 is 0 Å². The molecule has 1 aromatic heterocycles. The number of hydrogen-bond donors (Lipinski definition) is 2. The van der Waals surface area contributed by atoms with Crippen molar-refractivity contribution in [3.63, 3.8) is 0 Å². The summed E-state index contributed by atoms with van der Waals surface area (Å²) in [5, 5.41) is 21.2. The van der Waals surface area contributed by atoms with E-state index in [9.17, 15) is 5.11 Å². The van der Waals surface area contributed by atoms with Crippen LogP contribution in [0.2, 0.25) is 0 Å². The second-order valence-electron chi connectivity index (χ2n) is 6.29. The molecule has 0 amide bonds. The Hall–Kier alpha value is -2.56. The van der Waals surface area contributed by atoms with Crippen molar-refractivity contribution in [3.8, 4) is 22.6 Å². The van der Waals surface area contributed by atoms with Crippen LogP contribution in [0.1, 0.15) is 45.4 Å². The average molecular weight is 339 g/mol. The molecule has 0 atom stereocenters.